The molecule has 3 aliphatic rings. The van der Waals surface area contributed by atoms with Gasteiger partial charge < -0.3 is 14.5 Å². The summed E-state index contributed by atoms with van der Waals surface area (Å²) in [6, 6.07) is 11.1. The van der Waals surface area contributed by atoms with E-state index in [2.05, 4.69) is 16.0 Å². The lowest BCUT2D eigenvalue weighted by Crippen LogP contribution is -2.56. The fourth-order valence-electron chi connectivity index (χ4n) is 5.07. The first-order chi connectivity index (χ1) is 14.6. The average Bonchev–Trinajstić information content (AvgIpc) is 3.28. The molecule has 2 saturated heterocycles. The van der Waals surface area contributed by atoms with Gasteiger partial charge in [0.25, 0.3) is 0 Å². The van der Waals surface area contributed by atoms with Crippen LogP contribution in [-0.4, -0.2) is 47.6 Å². The first-order valence-electron chi connectivity index (χ1n) is 10.4. The van der Waals surface area contributed by atoms with Crippen molar-refractivity contribution in [2.24, 2.45) is 0 Å². The number of benzene rings is 1. The zero-order chi connectivity index (χ0) is 20.7. The van der Waals surface area contributed by atoms with Gasteiger partial charge in [-0.25, -0.2) is 9.37 Å². The summed E-state index contributed by atoms with van der Waals surface area (Å²) in [7, 11) is 0. The molecule has 0 radical (unpaired) electrons. The second-order valence-electron chi connectivity index (χ2n) is 8.29. The van der Waals surface area contributed by atoms with Crippen molar-refractivity contribution in [3.63, 3.8) is 0 Å². The summed E-state index contributed by atoms with van der Waals surface area (Å²) in [4.78, 5) is 21.5. The number of anilines is 1. The predicted octanol–water partition coefficient (Wildman–Crippen LogP) is 2.98. The molecule has 3 heterocycles. The molecule has 5 rings (SSSR count). The number of hydrogen-bond acceptors (Lipinski definition) is 5. The number of likely N-dealkylation sites (tertiary alicyclic amines) is 1. The van der Waals surface area contributed by atoms with Crippen molar-refractivity contribution in [2.45, 2.75) is 43.9 Å². The Kier molecular flexibility index (Phi) is 4.87. The normalized spacial score (nSPS) is 24.6. The van der Waals surface area contributed by atoms with Crippen LogP contribution in [0.25, 0.3) is 0 Å². The van der Waals surface area contributed by atoms with Crippen molar-refractivity contribution in [2.75, 3.05) is 24.6 Å². The van der Waals surface area contributed by atoms with Gasteiger partial charge in [-0.2, -0.15) is 5.26 Å². The summed E-state index contributed by atoms with van der Waals surface area (Å²) >= 11 is 0. The van der Waals surface area contributed by atoms with Crippen LogP contribution in [0.2, 0.25) is 0 Å². The largest absolute Gasteiger partial charge is 0.364 e. The summed E-state index contributed by atoms with van der Waals surface area (Å²) in [5, 5.41) is 8.97. The van der Waals surface area contributed by atoms with Gasteiger partial charge in [-0.15, -0.1) is 0 Å². The first kappa shape index (κ1) is 19.0. The van der Waals surface area contributed by atoms with E-state index >= 15 is 0 Å². The number of carbonyl (C=O) groups excluding carboxylic acids is 1. The fourth-order valence-corrected chi connectivity index (χ4v) is 5.07. The number of aromatic nitrogens is 1. The Labute approximate surface area is 174 Å². The van der Waals surface area contributed by atoms with Gasteiger partial charge in [-0.3, -0.25) is 4.79 Å². The first-order valence-corrected chi connectivity index (χ1v) is 10.4. The SMILES string of the molecule is N#Cc1ccc(N2C3CCC2CN(C(=O)COC2CCc4cc(F)ccc42)C3)nc1. The number of halogens is 1. The third-order valence-electron chi connectivity index (χ3n) is 6.51. The Bertz CT molecular complexity index is 989. The van der Waals surface area contributed by atoms with Crippen LogP contribution >= 0.6 is 0 Å². The molecule has 1 amide bonds. The van der Waals surface area contributed by atoms with Crippen LogP contribution in [0.1, 0.15) is 42.1 Å². The van der Waals surface area contributed by atoms with Gasteiger partial charge in [0.15, 0.2) is 0 Å². The molecular weight excluding hydrogens is 383 g/mol. The van der Waals surface area contributed by atoms with Gasteiger partial charge in [-0.05, 0) is 61.1 Å². The summed E-state index contributed by atoms with van der Waals surface area (Å²) in [5.74, 6) is 0.658. The lowest BCUT2D eigenvalue weighted by atomic mass is 10.1. The lowest BCUT2D eigenvalue weighted by molar-refractivity contribution is -0.139. The van der Waals surface area contributed by atoms with E-state index in [1.54, 1.807) is 24.4 Å². The fraction of sp³-hybridized carbons (Fsp3) is 0.435. The molecule has 154 valence electrons. The molecular formula is C23H23FN4O2. The smallest absolute Gasteiger partial charge is 0.248 e. The van der Waals surface area contributed by atoms with Gasteiger partial charge >= 0.3 is 0 Å². The summed E-state index contributed by atoms with van der Waals surface area (Å²) in [6.45, 7) is 1.37. The zero-order valence-electron chi connectivity index (χ0n) is 16.6. The number of ether oxygens (including phenoxy) is 1. The molecule has 30 heavy (non-hydrogen) atoms. The highest BCUT2D eigenvalue weighted by Gasteiger charge is 2.42. The number of piperazine rings is 1. The van der Waals surface area contributed by atoms with Crippen molar-refractivity contribution in [1.82, 2.24) is 9.88 Å². The second-order valence-corrected chi connectivity index (χ2v) is 8.29. The molecule has 1 aromatic carbocycles. The number of fused-ring (bicyclic) bond motifs is 3. The Morgan fingerprint density at radius 1 is 1.20 bits per heavy atom. The number of aryl methyl sites for hydroxylation is 1. The minimum absolute atomic E-state index is 0.00917. The van der Waals surface area contributed by atoms with E-state index in [1.807, 2.05) is 11.0 Å². The van der Waals surface area contributed by atoms with E-state index in [-0.39, 0.29) is 36.5 Å². The number of rotatable bonds is 4. The van der Waals surface area contributed by atoms with Crippen LogP contribution in [0.5, 0.6) is 0 Å². The van der Waals surface area contributed by atoms with Crippen LogP contribution in [0, 0.1) is 17.1 Å². The molecule has 2 bridgehead atoms. The quantitative estimate of drug-likeness (QED) is 0.781. The van der Waals surface area contributed by atoms with Crippen LogP contribution in [0.15, 0.2) is 36.5 Å². The maximum Gasteiger partial charge on any atom is 0.248 e. The number of carbonyl (C=O) groups is 1. The minimum Gasteiger partial charge on any atom is -0.364 e. The molecule has 2 aliphatic heterocycles. The molecule has 1 aromatic heterocycles. The number of nitriles is 1. The third kappa shape index (κ3) is 3.41. The van der Waals surface area contributed by atoms with Gasteiger partial charge in [0.05, 0.1) is 11.7 Å². The summed E-state index contributed by atoms with van der Waals surface area (Å²) in [5.41, 5.74) is 2.53. The standard InChI is InChI=1S/C23H23FN4O2/c24-17-3-6-20-16(9-17)2-7-21(20)30-14-23(29)27-12-18-4-5-19(13-27)28(18)22-8-1-15(10-25)11-26-22/h1,3,6,8-9,11,18-19,21H,2,4-5,7,12-14H2. The van der Waals surface area contributed by atoms with Crippen molar-refractivity contribution < 1.29 is 13.9 Å². The van der Waals surface area contributed by atoms with Crippen molar-refractivity contribution >= 4 is 11.7 Å². The second kappa shape index (κ2) is 7.69. The van der Waals surface area contributed by atoms with Gasteiger partial charge in [-0.1, -0.05) is 6.07 Å². The molecule has 2 fully saturated rings. The molecule has 2 aromatic rings. The van der Waals surface area contributed by atoms with Gasteiger partial charge in [0, 0.05) is 31.4 Å². The number of pyridine rings is 1. The molecule has 7 heteroatoms. The number of hydrogen-bond donors (Lipinski definition) is 0. The Morgan fingerprint density at radius 3 is 2.70 bits per heavy atom. The van der Waals surface area contributed by atoms with Gasteiger partial charge in [0.2, 0.25) is 5.91 Å². The Balaban J connectivity index is 1.20. The van der Waals surface area contributed by atoms with E-state index in [0.29, 0.717) is 18.7 Å². The summed E-state index contributed by atoms with van der Waals surface area (Å²) < 4.78 is 19.3. The predicted molar refractivity (Wildman–Crippen MR) is 108 cm³/mol. The minimum atomic E-state index is -0.226. The van der Waals surface area contributed by atoms with E-state index < -0.39 is 0 Å². The Hall–Kier alpha value is -2.98. The van der Waals surface area contributed by atoms with Crippen molar-refractivity contribution in [3.05, 3.63) is 59.0 Å². The molecule has 3 unspecified atom stereocenters. The highest BCUT2D eigenvalue weighted by molar-refractivity contribution is 5.78. The molecule has 0 N–H and O–H groups in total. The highest BCUT2D eigenvalue weighted by atomic mass is 19.1. The van der Waals surface area contributed by atoms with Crippen LogP contribution in [0.4, 0.5) is 10.2 Å². The van der Waals surface area contributed by atoms with Crippen molar-refractivity contribution in [3.8, 4) is 6.07 Å². The summed E-state index contributed by atoms with van der Waals surface area (Å²) in [6.07, 6.45) is 5.09. The zero-order valence-corrected chi connectivity index (χ0v) is 16.6. The molecule has 0 saturated carbocycles. The van der Waals surface area contributed by atoms with Crippen LogP contribution < -0.4 is 4.90 Å². The highest BCUT2D eigenvalue weighted by Crippen LogP contribution is 2.36. The lowest BCUT2D eigenvalue weighted by Gasteiger charge is -2.41. The third-order valence-corrected chi connectivity index (χ3v) is 6.51. The van der Waals surface area contributed by atoms with Crippen molar-refractivity contribution in [1.29, 1.82) is 5.26 Å². The monoisotopic (exact) mass is 406 g/mol. The molecule has 3 atom stereocenters. The Morgan fingerprint density at radius 2 is 2.00 bits per heavy atom. The van der Waals surface area contributed by atoms with E-state index in [0.717, 1.165) is 42.6 Å². The van der Waals surface area contributed by atoms with E-state index in [9.17, 15) is 9.18 Å². The number of amides is 1. The van der Waals surface area contributed by atoms with Crippen LogP contribution in [0.3, 0.4) is 0 Å². The van der Waals surface area contributed by atoms with Gasteiger partial charge in [0.1, 0.15) is 24.3 Å². The maximum atomic E-state index is 13.4. The topological polar surface area (TPSA) is 69.5 Å². The molecule has 1 aliphatic carbocycles. The average molecular weight is 406 g/mol. The van der Waals surface area contributed by atoms with Crippen LogP contribution in [-0.2, 0) is 16.0 Å². The molecule has 0 spiro atoms. The maximum absolute atomic E-state index is 13.4. The van der Waals surface area contributed by atoms with E-state index in [1.165, 1.54) is 6.07 Å². The molecule has 6 nitrogen and oxygen atoms in total. The number of nitrogens with zero attached hydrogens (tertiary/aromatic N) is 4. The van der Waals surface area contributed by atoms with E-state index in [4.69, 9.17) is 10.00 Å².